The van der Waals surface area contributed by atoms with Crippen LogP contribution in [0.15, 0.2) is 18.3 Å². The monoisotopic (exact) mass is 279 g/mol. The highest BCUT2D eigenvalue weighted by Gasteiger charge is 2.30. The molecular formula is C13H17N3O4. The number of hydrogen-bond donors (Lipinski definition) is 3. The predicted octanol–water partition coefficient (Wildman–Crippen LogP) is 1.47. The molecule has 1 fully saturated rings. The average molecular weight is 279 g/mol. The number of carbonyl (C=O) groups is 2. The van der Waals surface area contributed by atoms with E-state index in [4.69, 9.17) is 9.84 Å². The summed E-state index contributed by atoms with van der Waals surface area (Å²) in [7, 11) is 0. The summed E-state index contributed by atoms with van der Waals surface area (Å²) in [6.45, 7) is 2.60. The first kappa shape index (κ1) is 14.3. The van der Waals surface area contributed by atoms with Crippen LogP contribution in [0, 0.1) is 0 Å². The fraction of sp³-hybridized carbons (Fsp3) is 0.462. The van der Waals surface area contributed by atoms with Crippen molar-refractivity contribution in [3.8, 4) is 0 Å². The van der Waals surface area contributed by atoms with Gasteiger partial charge in [0, 0.05) is 18.8 Å². The fourth-order valence-electron chi connectivity index (χ4n) is 2.08. The lowest BCUT2D eigenvalue weighted by Gasteiger charge is -2.35. The highest BCUT2D eigenvalue weighted by atomic mass is 16.5. The van der Waals surface area contributed by atoms with Gasteiger partial charge in [0.05, 0.1) is 11.8 Å². The van der Waals surface area contributed by atoms with Crippen LogP contribution in [0.5, 0.6) is 0 Å². The second kappa shape index (κ2) is 6.33. The Hall–Kier alpha value is -2.15. The lowest BCUT2D eigenvalue weighted by Crippen LogP contribution is -2.49. The lowest BCUT2D eigenvalue weighted by atomic mass is 9.89. The van der Waals surface area contributed by atoms with Crippen LogP contribution >= 0.6 is 0 Å². The lowest BCUT2D eigenvalue weighted by molar-refractivity contribution is -0.00673. The molecule has 108 valence electrons. The van der Waals surface area contributed by atoms with Crippen molar-refractivity contribution in [3.63, 3.8) is 0 Å². The highest BCUT2D eigenvalue weighted by Crippen LogP contribution is 2.23. The number of nitrogens with zero attached hydrogens (tertiary/aromatic N) is 1. The molecule has 2 amide bonds. The van der Waals surface area contributed by atoms with Crippen LogP contribution in [0.1, 0.15) is 30.3 Å². The molecule has 7 nitrogen and oxygen atoms in total. The van der Waals surface area contributed by atoms with Gasteiger partial charge >= 0.3 is 12.0 Å². The Morgan fingerprint density at radius 1 is 1.50 bits per heavy atom. The molecule has 0 unspecified atom stereocenters. The third-order valence-electron chi connectivity index (χ3n) is 3.09. The van der Waals surface area contributed by atoms with Crippen LogP contribution in [-0.2, 0) is 4.74 Å². The summed E-state index contributed by atoms with van der Waals surface area (Å²) in [6.07, 6.45) is 3.13. The van der Waals surface area contributed by atoms with E-state index in [9.17, 15) is 9.59 Å². The molecular weight excluding hydrogens is 262 g/mol. The number of rotatable bonds is 5. The first-order valence-corrected chi connectivity index (χ1v) is 6.47. The zero-order chi connectivity index (χ0) is 14.5. The number of carboxylic acids is 1. The van der Waals surface area contributed by atoms with Gasteiger partial charge in [0.2, 0.25) is 0 Å². The molecule has 0 radical (unpaired) electrons. The molecule has 1 aliphatic carbocycles. The molecule has 7 heteroatoms. The number of ether oxygens (including phenoxy) is 1. The van der Waals surface area contributed by atoms with Crippen LogP contribution in [0.2, 0.25) is 0 Å². The summed E-state index contributed by atoms with van der Waals surface area (Å²) in [4.78, 5) is 26.4. The van der Waals surface area contributed by atoms with Gasteiger partial charge in [-0.1, -0.05) is 0 Å². The van der Waals surface area contributed by atoms with Gasteiger partial charge in [-0.05, 0) is 31.9 Å². The van der Waals surface area contributed by atoms with Gasteiger partial charge in [-0.25, -0.2) is 14.6 Å². The molecule has 2 rings (SSSR count). The number of amides is 2. The zero-order valence-corrected chi connectivity index (χ0v) is 11.1. The SMILES string of the molecule is CCOC1CC(NC(=O)Nc2cccnc2C(=O)O)C1. The molecule has 1 aromatic heterocycles. The van der Waals surface area contributed by atoms with Crippen molar-refractivity contribution in [1.29, 1.82) is 0 Å². The Morgan fingerprint density at radius 3 is 2.90 bits per heavy atom. The number of nitrogens with one attached hydrogen (secondary N) is 2. The first-order valence-electron chi connectivity index (χ1n) is 6.47. The quantitative estimate of drug-likeness (QED) is 0.757. The Kier molecular flexibility index (Phi) is 4.52. The van der Waals surface area contributed by atoms with Gasteiger partial charge in [-0.3, -0.25) is 0 Å². The van der Waals surface area contributed by atoms with E-state index in [2.05, 4.69) is 15.6 Å². The highest BCUT2D eigenvalue weighted by molar-refractivity contribution is 5.98. The number of pyridine rings is 1. The van der Waals surface area contributed by atoms with E-state index < -0.39 is 12.0 Å². The van der Waals surface area contributed by atoms with E-state index in [0.717, 1.165) is 12.8 Å². The van der Waals surface area contributed by atoms with Crippen molar-refractivity contribution >= 4 is 17.7 Å². The van der Waals surface area contributed by atoms with Crippen LogP contribution in [0.3, 0.4) is 0 Å². The van der Waals surface area contributed by atoms with E-state index in [0.29, 0.717) is 6.61 Å². The smallest absolute Gasteiger partial charge is 0.356 e. The second-order valence-electron chi connectivity index (χ2n) is 4.55. The number of aromatic nitrogens is 1. The maximum Gasteiger partial charge on any atom is 0.356 e. The molecule has 3 N–H and O–H groups in total. The predicted molar refractivity (Wildman–Crippen MR) is 71.8 cm³/mol. The number of carboxylic acid groups (broad SMARTS) is 1. The van der Waals surface area contributed by atoms with E-state index in [1.165, 1.54) is 12.3 Å². The third-order valence-corrected chi connectivity index (χ3v) is 3.09. The maximum atomic E-state index is 11.8. The van der Waals surface area contributed by atoms with Crippen molar-refractivity contribution < 1.29 is 19.4 Å². The molecule has 0 spiro atoms. The minimum absolute atomic E-state index is 0.0662. The van der Waals surface area contributed by atoms with E-state index in [-0.39, 0.29) is 23.5 Å². The summed E-state index contributed by atoms with van der Waals surface area (Å²) in [5.41, 5.74) is 0.00151. The minimum atomic E-state index is -1.18. The van der Waals surface area contributed by atoms with E-state index >= 15 is 0 Å². The van der Waals surface area contributed by atoms with Crippen molar-refractivity contribution in [3.05, 3.63) is 24.0 Å². The molecule has 0 saturated heterocycles. The molecule has 1 heterocycles. The Labute approximate surface area is 116 Å². The molecule has 0 bridgehead atoms. The number of urea groups is 1. The Balaban J connectivity index is 1.85. The van der Waals surface area contributed by atoms with Crippen LogP contribution < -0.4 is 10.6 Å². The van der Waals surface area contributed by atoms with Crippen molar-refractivity contribution in [1.82, 2.24) is 10.3 Å². The summed E-state index contributed by atoms with van der Waals surface area (Å²) in [6, 6.07) is 2.70. The summed E-state index contributed by atoms with van der Waals surface area (Å²) < 4.78 is 5.40. The van der Waals surface area contributed by atoms with Gasteiger partial charge < -0.3 is 20.5 Å². The maximum absolute atomic E-state index is 11.8. The minimum Gasteiger partial charge on any atom is -0.476 e. The van der Waals surface area contributed by atoms with Crippen LogP contribution in [0.25, 0.3) is 0 Å². The zero-order valence-electron chi connectivity index (χ0n) is 11.1. The molecule has 1 aliphatic rings. The van der Waals surface area contributed by atoms with Gasteiger partial charge in [0.25, 0.3) is 0 Å². The van der Waals surface area contributed by atoms with Crippen LogP contribution in [-0.4, -0.2) is 40.8 Å². The van der Waals surface area contributed by atoms with E-state index in [1.807, 2.05) is 6.92 Å². The standard InChI is InChI=1S/C13H17N3O4/c1-2-20-9-6-8(7-9)15-13(19)16-10-4-3-5-14-11(10)12(17)18/h3-5,8-9H,2,6-7H2,1H3,(H,17,18)(H2,15,16,19). The number of anilines is 1. The van der Waals surface area contributed by atoms with E-state index in [1.54, 1.807) is 6.07 Å². The normalized spacial score (nSPS) is 20.9. The number of aromatic carboxylic acids is 1. The summed E-state index contributed by atoms with van der Waals surface area (Å²) >= 11 is 0. The topological polar surface area (TPSA) is 101 Å². The molecule has 1 saturated carbocycles. The van der Waals surface area contributed by atoms with Gasteiger partial charge in [-0.2, -0.15) is 0 Å². The average Bonchev–Trinajstić information content (AvgIpc) is 2.36. The Morgan fingerprint density at radius 2 is 2.25 bits per heavy atom. The van der Waals surface area contributed by atoms with Crippen molar-refractivity contribution in [2.45, 2.75) is 31.9 Å². The second-order valence-corrected chi connectivity index (χ2v) is 4.55. The van der Waals surface area contributed by atoms with Gasteiger partial charge in [0.15, 0.2) is 5.69 Å². The number of carbonyl (C=O) groups excluding carboxylic acids is 1. The first-order chi connectivity index (χ1) is 9.60. The largest absolute Gasteiger partial charge is 0.476 e. The van der Waals surface area contributed by atoms with Gasteiger partial charge in [-0.15, -0.1) is 0 Å². The summed E-state index contributed by atoms with van der Waals surface area (Å²) in [5.74, 6) is -1.18. The third kappa shape index (κ3) is 3.45. The summed E-state index contributed by atoms with van der Waals surface area (Å²) in [5, 5.41) is 14.2. The molecule has 0 aliphatic heterocycles. The van der Waals surface area contributed by atoms with Crippen molar-refractivity contribution in [2.24, 2.45) is 0 Å². The molecule has 0 atom stereocenters. The van der Waals surface area contributed by atoms with Crippen LogP contribution in [0.4, 0.5) is 10.5 Å². The number of hydrogen-bond acceptors (Lipinski definition) is 4. The molecule has 20 heavy (non-hydrogen) atoms. The molecule has 1 aromatic rings. The van der Waals surface area contributed by atoms with Gasteiger partial charge in [0.1, 0.15) is 0 Å². The fourth-order valence-corrected chi connectivity index (χ4v) is 2.08. The van der Waals surface area contributed by atoms with Crippen molar-refractivity contribution in [2.75, 3.05) is 11.9 Å². The Bertz CT molecular complexity index is 500. The molecule has 0 aromatic carbocycles.